The van der Waals surface area contributed by atoms with E-state index in [-0.39, 0.29) is 6.03 Å². The first-order chi connectivity index (χ1) is 10.2. The predicted molar refractivity (Wildman–Crippen MR) is 81.9 cm³/mol. The van der Waals surface area contributed by atoms with Gasteiger partial charge in [0.2, 0.25) is 0 Å². The van der Waals surface area contributed by atoms with E-state index in [0.717, 1.165) is 5.56 Å². The highest BCUT2D eigenvalue weighted by molar-refractivity contribution is 5.74. The average molecular weight is 288 g/mol. The third kappa shape index (κ3) is 4.46. The number of nitrogens with one attached hydrogen (secondary N) is 2. The summed E-state index contributed by atoms with van der Waals surface area (Å²) in [6, 6.07) is 10.1. The van der Waals surface area contributed by atoms with Crippen LogP contribution in [0.1, 0.15) is 31.2 Å². The Morgan fingerprint density at radius 3 is 2.33 bits per heavy atom. The van der Waals surface area contributed by atoms with Gasteiger partial charge < -0.3 is 15.7 Å². The van der Waals surface area contributed by atoms with Crippen molar-refractivity contribution in [3.8, 4) is 0 Å². The molecule has 4 heteroatoms. The number of hydrogen-bond donors (Lipinski definition) is 3. The molecule has 1 aromatic rings. The van der Waals surface area contributed by atoms with Gasteiger partial charge in [-0.05, 0) is 43.1 Å². The minimum absolute atomic E-state index is 0.133. The third-order valence-corrected chi connectivity index (χ3v) is 4.37. The summed E-state index contributed by atoms with van der Waals surface area (Å²) in [5, 5.41) is 15.9. The van der Waals surface area contributed by atoms with Crippen LogP contribution in [0.15, 0.2) is 30.3 Å². The van der Waals surface area contributed by atoms with Gasteiger partial charge >= 0.3 is 6.03 Å². The van der Waals surface area contributed by atoms with Crippen molar-refractivity contribution >= 4 is 6.03 Å². The van der Waals surface area contributed by atoms with Gasteiger partial charge in [-0.15, -0.1) is 0 Å². The average Bonchev–Trinajstić information content (AvgIpc) is 3.37. The monoisotopic (exact) mass is 288 g/mol. The molecule has 21 heavy (non-hydrogen) atoms. The minimum Gasteiger partial charge on any atom is -0.391 e. The maximum Gasteiger partial charge on any atom is 0.315 e. The molecule has 0 radical (unpaired) electrons. The number of amides is 2. The lowest BCUT2D eigenvalue weighted by molar-refractivity contribution is 0.169. The van der Waals surface area contributed by atoms with E-state index < -0.39 is 6.10 Å². The lowest BCUT2D eigenvalue weighted by atomic mass is 10.1. The van der Waals surface area contributed by atoms with Crippen LogP contribution in [0.25, 0.3) is 0 Å². The van der Waals surface area contributed by atoms with Crippen LogP contribution in [0, 0.1) is 11.8 Å². The Morgan fingerprint density at radius 2 is 1.76 bits per heavy atom. The number of hydrogen-bond acceptors (Lipinski definition) is 2. The van der Waals surface area contributed by atoms with Crippen molar-refractivity contribution in [3.63, 3.8) is 0 Å². The predicted octanol–water partition coefficient (Wildman–Crippen LogP) is 2.08. The second-order valence-electron chi connectivity index (χ2n) is 6.40. The third-order valence-electron chi connectivity index (χ3n) is 4.37. The Balaban J connectivity index is 1.38. The Morgan fingerprint density at radius 1 is 1.14 bits per heavy atom. The van der Waals surface area contributed by atoms with E-state index in [1.54, 1.807) is 0 Å². The fourth-order valence-electron chi connectivity index (χ4n) is 2.90. The van der Waals surface area contributed by atoms with Crippen LogP contribution >= 0.6 is 0 Å². The standard InChI is InChI=1S/C17H24N2O2/c20-15(10-12-4-2-1-3-5-12)11-18-17(21)19-16(13-6-7-13)14-8-9-14/h1-5,13-16,20H,6-11H2,(H2,18,19,21). The molecule has 0 bridgehead atoms. The second kappa shape index (κ2) is 6.48. The summed E-state index contributed by atoms with van der Waals surface area (Å²) >= 11 is 0. The second-order valence-corrected chi connectivity index (χ2v) is 6.40. The first-order valence-corrected chi connectivity index (χ1v) is 7.98. The first kappa shape index (κ1) is 14.4. The fraction of sp³-hybridized carbons (Fsp3) is 0.588. The number of aliphatic hydroxyl groups is 1. The Hall–Kier alpha value is -1.55. The van der Waals surface area contributed by atoms with Crippen molar-refractivity contribution in [3.05, 3.63) is 35.9 Å². The maximum atomic E-state index is 11.9. The molecule has 3 rings (SSSR count). The topological polar surface area (TPSA) is 61.4 Å². The van der Waals surface area contributed by atoms with Gasteiger partial charge in [0.15, 0.2) is 0 Å². The van der Waals surface area contributed by atoms with E-state index in [4.69, 9.17) is 0 Å². The summed E-state index contributed by atoms with van der Waals surface area (Å²) in [6.45, 7) is 0.294. The number of rotatable bonds is 7. The molecule has 3 N–H and O–H groups in total. The number of aliphatic hydroxyl groups excluding tert-OH is 1. The Kier molecular flexibility index (Phi) is 4.44. The van der Waals surface area contributed by atoms with E-state index in [9.17, 15) is 9.90 Å². The molecule has 114 valence electrons. The largest absolute Gasteiger partial charge is 0.391 e. The van der Waals surface area contributed by atoms with Crippen LogP contribution < -0.4 is 10.6 Å². The van der Waals surface area contributed by atoms with Crippen LogP contribution in [0.5, 0.6) is 0 Å². The van der Waals surface area contributed by atoms with Crippen LogP contribution in [0.4, 0.5) is 4.79 Å². The van der Waals surface area contributed by atoms with Gasteiger partial charge in [-0.2, -0.15) is 0 Å². The minimum atomic E-state index is -0.543. The van der Waals surface area contributed by atoms with E-state index in [2.05, 4.69) is 10.6 Å². The lowest BCUT2D eigenvalue weighted by Crippen LogP contribution is -2.46. The smallest absolute Gasteiger partial charge is 0.315 e. The molecular formula is C17H24N2O2. The molecule has 2 fully saturated rings. The summed E-state index contributed by atoms with van der Waals surface area (Å²) in [6.07, 6.45) is 5.01. The van der Waals surface area contributed by atoms with Crippen molar-refractivity contribution in [1.82, 2.24) is 10.6 Å². The maximum absolute atomic E-state index is 11.9. The van der Waals surface area contributed by atoms with Crippen molar-refractivity contribution in [1.29, 1.82) is 0 Å². The van der Waals surface area contributed by atoms with Gasteiger partial charge in [0, 0.05) is 19.0 Å². The van der Waals surface area contributed by atoms with Gasteiger partial charge in [-0.1, -0.05) is 30.3 Å². The van der Waals surface area contributed by atoms with Gasteiger partial charge in [0.1, 0.15) is 0 Å². The SMILES string of the molecule is O=C(NCC(O)Cc1ccccc1)NC(C1CC1)C1CC1. The van der Waals surface area contributed by atoms with E-state index in [1.165, 1.54) is 25.7 Å². The molecule has 0 saturated heterocycles. The number of carbonyl (C=O) groups is 1. The van der Waals surface area contributed by atoms with Crippen LogP contribution in [0.2, 0.25) is 0 Å². The molecule has 0 spiro atoms. The van der Waals surface area contributed by atoms with E-state index in [0.29, 0.717) is 30.8 Å². The zero-order valence-electron chi connectivity index (χ0n) is 12.3. The molecule has 2 aliphatic carbocycles. The van der Waals surface area contributed by atoms with Gasteiger partial charge in [-0.25, -0.2) is 4.79 Å². The molecule has 1 atom stereocenters. The Bertz CT molecular complexity index is 457. The summed E-state index contributed by atoms with van der Waals surface area (Å²) in [7, 11) is 0. The molecular weight excluding hydrogens is 264 g/mol. The van der Waals surface area contributed by atoms with Crippen molar-refractivity contribution in [2.45, 2.75) is 44.2 Å². The number of carbonyl (C=O) groups excluding carboxylic acids is 1. The zero-order chi connectivity index (χ0) is 14.7. The molecule has 0 heterocycles. The molecule has 0 aromatic heterocycles. The summed E-state index contributed by atoms with van der Waals surface area (Å²) in [4.78, 5) is 11.9. The lowest BCUT2D eigenvalue weighted by Gasteiger charge is -2.19. The van der Waals surface area contributed by atoms with Gasteiger partial charge in [0.05, 0.1) is 6.10 Å². The van der Waals surface area contributed by atoms with Gasteiger partial charge in [0.25, 0.3) is 0 Å². The highest BCUT2D eigenvalue weighted by atomic mass is 16.3. The van der Waals surface area contributed by atoms with Crippen LogP contribution in [-0.2, 0) is 6.42 Å². The number of benzene rings is 1. The molecule has 1 unspecified atom stereocenters. The molecule has 2 amide bonds. The number of urea groups is 1. The quantitative estimate of drug-likeness (QED) is 0.719. The highest BCUT2D eigenvalue weighted by Crippen LogP contribution is 2.44. The molecule has 1 aromatic carbocycles. The zero-order valence-corrected chi connectivity index (χ0v) is 12.3. The van der Waals surface area contributed by atoms with E-state index >= 15 is 0 Å². The molecule has 2 aliphatic rings. The van der Waals surface area contributed by atoms with E-state index in [1.807, 2.05) is 30.3 Å². The molecule has 0 aliphatic heterocycles. The molecule has 2 saturated carbocycles. The summed E-state index contributed by atoms with van der Waals surface area (Å²) < 4.78 is 0. The summed E-state index contributed by atoms with van der Waals surface area (Å²) in [5.74, 6) is 1.38. The highest BCUT2D eigenvalue weighted by Gasteiger charge is 2.42. The van der Waals surface area contributed by atoms with Gasteiger partial charge in [-0.3, -0.25) is 0 Å². The van der Waals surface area contributed by atoms with Crippen molar-refractivity contribution in [2.24, 2.45) is 11.8 Å². The normalized spacial score (nSPS) is 19.3. The fourth-order valence-corrected chi connectivity index (χ4v) is 2.90. The molecule has 4 nitrogen and oxygen atoms in total. The Labute approximate surface area is 125 Å². The van der Waals surface area contributed by atoms with Crippen molar-refractivity contribution < 1.29 is 9.90 Å². The first-order valence-electron chi connectivity index (χ1n) is 7.98. The van der Waals surface area contributed by atoms with Crippen molar-refractivity contribution in [2.75, 3.05) is 6.54 Å². The van der Waals surface area contributed by atoms with Crippen LogP contribution in [-0.4, -0.2) is 29.8 Å². The summed E-state index contributed by atoms with van der Waals surface area (Å²) in [5.41, 5.74) is 1.08. The van der Waals surface area contributed by atoms with Crippen LogP contribution in [0.3, 0.4) is 0 Å².